The van der Waals surface area contributed by atoms with Gasteiger partial charge in [-0.3, -0.25) is 15.8 Å². The molecule has 1 atom stereocenters. The lowest BCUT2D eigenvalue weighted by Gasteiger charge is -2.18. The monoisotopic (exact) mass is 264 g/mol. The van der Waals surface area contributed by atoms with Gasteiger partial charge < -0.3 is 0 Å². The largest absolute Gasteiger partial charge is 0.271 e. The number of pyridine rings is 2. The van der Waals surface area contributed by atoms with Crippen LogP contribution in [0, 0.1) is 6.92 Å². The van der Waals surface area contributed by atoms with E-state index < -0.39 is 0 Å². The van der Waals surface area contributed by atoms with Crippen molar-refractivity contribution in [3.8, 4) is 0 Å². The second kappa shape index (κ2) is 5.36. The minimum Gasteiger partial charge on any atom is -0.271 e. The minimum atomic E-state index is -0.138. The lowest BCUT2D eigenvalue weighted by molar-refractivity contribution is 0.624. The van der Waals surface area contributed by atoms with Crippen molar-refractivity contribution in [1.29, 1.82) is 0 Å². The van der Waals surface area contributed by atoms with Gasteiger partial charge in [-0.1, -0.05) is 18.2 Å². The molecule has 0 spiro atoms. The SMILES string of the molecule is Cc1ccnc(C(NN)c2cccc3cnccc23)c1. The molecule has 2 heterocycles. The highest BCUT2D eigenvalue weighted by molar-refractivity contribution is 5.85. The Hall–Kier alpha value is -2.30. The van der Waals surface area contributed by atoms with E-state index in [-0.39, 0.29) is 6.04 Å². The molecule has 0 amide bonds. The van der Waals surface area contributed by atoms with E-state index in [9.17, 15) is 0 Å². The molecule has 1 unspecified atom stereocenters. The highest BCUT2D eigenvalue weighted by Gasteiger charge is 2.16. The van der Waals surface area contributed by atoms with Crippen LogP contribution in [-0.2, 0) is 0 Å². The highest BCUT2D eigenvalue weighted by atomic mass is 15.2. The van der Waals surface area contributed by atoms with Crippen LogP contribution < -0.4 is 11.3 Å². The smallest absolute Gasteiger partial charge is 0.0887 e. The molecule has 100 valence electrons. The number of hydrogen-bond donors (Lipinski definition) is 2. The minimum absolute atomic E-state index is 0.138. The van der Waals surface area contributed by atoms with E-state index >= 15 is 0 Å². The van der Waals surface area contributed by atoms with E-state index in [1.807, 2.05) is 49.6 Å². The van der Waals surface area contributed by atoms with Crippen LogP contribution in [0.3, 0.4) is 0 Å². The number of nitrogens with one attached hydrogen (secondary N) is 1. The van der Waals surface area contributed by atoms with Gasteiger partial charge in [0.1, 0.15) is 0 Å². The molecule has 0 aliphatic heterocycles. The van der Waals surface area contributed by atoms with Crippen molar-refractivity contribution in [3.05, 3.63) is 71.8 Å². The van der Waals surface area contributed by atoms with Gasteiger partial charge in [-0.05, 0) is 41.6 Å². The van der Waals surface area contributed by atoms with Gasteiger partial charge in [0.15, 0.2) is 0 Å². The zero-order chi connectivity index (χ0) is 13.9. The standard InChI is InChI=1S/C16H16N4/c1-11-5-8-19-15(9-11)16(20-17)14-4-2-3-12-10-18-7-6-13(12)14/h2-10,16,20H,17H2,1H3. The summed E-state index contributed by atoms with van der Waals surface area (Å²) in [5.74, 6) is 5.77. The fourth-order valence-corrected chi connectivity index (χ4v) is 2.45. The van der Waals surface area contributed by atoms with Crippen molar-refractivity contribution in [1.82, 2.24) is 15.4 Å². The first-order chi connectivity index (χ1) is 9.79. The third-order valence-corrected chi connectivity index (χ3v) is 3.42. The van der Waals surface area contributed by atoms with Crippen LogP contribution in [0.1, 0.15) is 22.9 Å². The average molecular weight is 264 g/mol. The first-order valence-electron chi connectivity index (χ1n) is 6.51. The molecule has 0 fully saturated rings. The Labute approximate surface area is 117 Å². The van der Waals surface area contributed by atoms with Gasteiger partial charge in [0, 0.05) is 24.0 Å². The molecule has 0 radical (unpaired) electrons. The van der Waals surface area contributed by atoms with Crippen molar-refractivity contribution in [2.24, 2.45) is 5.84 Å². The number of hydrogen-bond acceptors (Lipinski definition) is 4. The Bertz CT molecular complexity index is 734. The summed E-state index contributed by atoms with van der Waals surface area (Å²) in [6.07, 6.45) is 5.46. The molecular formula is C16H16N4. The van der Waals surface area contributed by atoms with Crippen molar-refractivity contribution in [2.75, 3.05) is 0 Å². The summed E-state index contributed by atoms with van der Waals surface area (Å²) >= 11 is 0. The number of nitrogens with two attached hydrogens (primary N) is 1. The van der Waals surface area contributed by atoms with Crippen LogP contribution in [0.15, 0.2) is 55.0 Å². The third kappa shape index (κ3) is 2.27. The number of nitrogens with zero attached hydrogens (tertiary/aromatic N) is 2. The van der Waals surface area contributed by atoms with Crippen molar-refractivity contribution < 1.29 is 0 Å². The molecule has 1 aromatic carbocycles. The maximum atomic E-state index is 5.77. The summed E-state index contributed by atoms with van der Waals surface area (Å²) in [6.45, 7) is 2.05. The molecule has 3 aromatic rings. The number of aryl methyl sites for hydroxylation is 1. The van der Waals surface area contributed by atoms with Gasteiger partial charge in [0.2, 0.25) is 0 Å². The van der Waals surface area contributed by atoms with Gasteiger partial charge in [-0.2, -0.15) is 0 Å². The van der Waals surface area contributed by atoms with Gasteiger partial charge in [0.25, 0.3) is 0 Å². The van der Waals surface area contributed by atoms with E-state index in [1.54, 1.807) is 6.20 Å². The third-order valence-electron chi connectivity index (χ3n) is 3.42. The highest BCUT2D eigenvalue weighted by Crippen LogP contribution is 2.27. The van der Waals surface area contributed by atoms with E-state index in [0.717, 1.165) is 27.6 Å². The number of fused-ring (bicyclic) bond motifs is 1. The Morgan fingerprint density at radius 1 is 1.15 bits per heavy atom. The van der Waals surface area contributed by atoms with Gasteiger partial charge in [-0.25, -0.2) is 5.43 Å². The second-order valence-electron chi connectivity index (χ2n) is 4.80. The van der Waals surface area contributed by atoms with Crippen LogP contribution in [0.2, 0.25) is 0 Å². The summed E-state index contributed by atoms with van der Waals surface area (Å²) in [4.78, 5) is 8.59. The van der Waals surface area contributed by atoms with Crippen LogP contribution in [0.5, 0.6) is 0 Å². The van der Waals surface area contributed by atoms with Crippen LogP contribution in [-0.4, -0.2) is 9.97 Å². The normalized spacial score (nSPS) is 12.5. The van der Waals surface area contributed by atoms with E-state index in [1.165, 1.54) is 0 Å². The number of hydrazine groups is 1. The molecule has 4 heteroatoms. The Balaban J connectivity index is 2.17. The van der Waals surface area contributed by atoms with Crippen molar-refractivity contribution in [3.63, 3.8) is 0 Å². The topological polar surface area (TPSA) is 63.8 Å². The Morgan fingerprint density at radius 2 is 2.05 bits per heavy atom. The molecule has 0 saturated heterocycles. The molecule has 3 N–H and O–H groups in total. The molecule has 4 nitrogen and oxygen atoms in total. The molecule has 3 rings (SSSR count). The number of aromatic nitrogens is 2. The molecule has 0 saturated carbocycles. The van der Waals surface area contributed by atoms with Crippen LogP contribution in [0.4, 0.5) is 0 Å². The fraction of sp³-hybridized carbons (Fsp3) is 0.125. The second-order valence-corrected chi connectivity index (χ2v) is 4.80. The molecule has 0 aliphatic carbocycles. The summed E-state index contributed by atoms with van der Waals surface area (Å²) in [5.41, 5.74) is 6.05. The fourth-order valence-electron chi connectivity index (χ4n) is 2.45. The van der Waals surface area contributed by atoms with E-state index in [0.29, 0.717) is 0 Å². The number of benzene rings is 1. The first kappa shape index (κ1) is 12.7. The van der Waals surface area contributed by atoms with E-state index in [4.69, 9.17) is 5.84 Å². The lowest BCUT2D eigenvalue weighted by atomic mass is 9.97. The van der Waals surface area contributed by atoms with Gasteiger partial charge in [-0.15, -0.1) is 0 Å². The Morgan fingerprint density at radius 3 is 2.85 bits per heavy atom. The summed E-state index contributed by atoms with van der Waals surface area (Å²) < 4.78 is 0. The molecular weight excluding hydrogens is 248 g/mol. The van der Waals surface area contributed by atoms with Gasteiger partial charge >= 0.3 is 0 Å². The summed E-state index contributed by atoms with van der Waals surface area (Å²) in [6, 6.07) is 12.0. The first-order valence-corrected chi connectivity index (χ1v) is 6.51. The predicted octanol–water partition coefficient (Wildman–Crippen LogP) is 2.49. The van der Waals surface area contributed by atoms with Crippen LogP contribution in [0.25, 0.3) is 10.8 Å². The van der Waals surface area contributed by atoms with Crippen molar-refractivity contribution in [2.45, 2.75) is 13.0 Å². The molecule has 2 aromatic heterocycles. The predicted molar refractivity (Wildman–Crippen MR) is 79.9 cm³/mol. The zero-order valence-corrected chi connectivity index (χ0v) is 11.2. The summed E-state index contributed by atoms with van der Waals surface area (Å²) in [5, 5.41) is 2.23. The molecule has 20 heavy (non-hydrogen) atoms. The summed E-state index contributed by atoms with van der Waals surface area (Å²) in [7, 11) is 0. The maximum absolute atomic E-state index is 5.77. The molecule has 0 aliphatic rings. The lowest BCUT2D eigenvalue weighted by Crippen LogP contribution is -2.29. The van der Waals surface area contributed by atoms with Crippen molar-refractivity contribution >= 4 is 10.8 Å². The van der Waals surface area contributed by atoms with Gasteiger partial charge in [0.05, 0.1) is 11.7 Å². The quantitative estimate of drug-likeness (QED) is 0.563. The molecule has 0 bridgehead atoms. The van der Waals surface area contributed by atoms with E-state index in [2.05, 4.69) is 21.5 Å². The maximum Gasteiger partial charge on any atom is 0.0887 e. The number of rotatable bonds is 3. The average Bonchev–Trinajstić information content (AvgIpc) is 2.48. The Kier molecular flexibility index (Phi) is 3.41. The van der Waals surface area contributed by atoms with Crippen LogP contribution >= 0.6 is 0 Å². The zero-order valence-electron chi connectivity index (χ0n) is 11.2.